The molecular formula is C24H28N4O4. The molecule has 1 aromatic carbocycles. The molecule has 2 rings (SSSR count). The monoisotopic (exact) mass is 436 g/mol. The van der Waals surface area contributed by atoms with Crippen LogP contribution in [0, 0.1) is 22.7 Å². The number of nitriles is 2. The Labute approximate surface area is 188 Å². The van der Waals surface area contributed by atoms with Crippen LogP contribution in [0.25, 0.3) is 0 Å². The third-order valence-corrected chi connectivity index (χ3v) is 4.91. The summed E-state index contributed by atoms with van der Waals surface area (Å²) in [5.41, 5.74) is 3.16. The molecule has 1 aromatic rings. The molecule has 168 valence electrons. The summed E-state index contributed by atoms with van der Waals surface area (Å²) in [6.45, 7) is 6.52. The average Bonchev–Trinajstić information content (AvgIpc) is 2.80. The first kappa shape index (κ1) is 24.5. The van der Waals surface area contributed by atoms with Crippen molar-refractivity contribution in [2.24, 2.45) is 4.99 Å². The first-order chi connectivity index (χ1) is 15.4. The molecule has 0 amide bonds. The minimum Gasteiger partial charge on any atom is -0.496 e. The highest BCUT2D eigenvalue weighted by Gasteiger charge is 2.31. The molecule has 0 fully saturated rings. The third kappa shape index (κ3) is 6.36. The number of methoxy groups -OCH3 is 1. The minimum atomic E-state index is -0.528. The number of hydrogen-bond acceptors (Lipinski definition) is 8. The average molecular weight is 437 g/mol. The Bertz CT molecular complexity index is 1010. The second-order valence-corrected chi connectivity index (χ2v) is 7.19. The van der Waals surface area contributed by atoms with Crippen molar-refractivity contribution in [1.82, 2.24) is 5.32 Å². The lowest BCUT2D eigenvalue weighted by Gasteiger charge is -2.25. The first-order valence-electron chi connectivity index (χ1n) is 10.4. The van der Waals surface area contributed by atoms with E-state index in [1.807, 2.05) is 26.8 Å². The van der Waals surface area contributed by atoms with Crippen LogP contribution in [0.1, 0.15) is 50.7 Å². The highest BCUT2D eigenvalue weighted by molar-refractivity contribution is 5.93. The van der Waals surface area contributed by atoms with E-state index in [2.05, 4.69) is 16.4 Å². The molecule has 0 spiro atoms. The number of allylic oxidation sites excluding steroid dienone is 1. The molecule has 1 aliphatic heterocycles. The Hall–Kier alpha value is -3.78. The van der Waals surface area contributed by atoms with E-state index < -0.39 is 11.9 Å². The van der Waals surface area contributed by atoms with Gasteiger partial charge in [-0.3, -0.25) is 0 Å². The molecule has 0 saturated heterocycles. The van der Waals surface area contributed by atoms with Gasteiger partial charge < -0.3 is 19.5 Å². The molecule has 1 aliphatic rings. The van der Waals surface area contributed by atoms with Crippen molar-refractivity contribution in [3.05, 3.63) is 52.4 Å². The first-order valence-corrected chi connectivity index (χ1v) is 10.4. The van der Waals surface area contributed by atoms with Crippen molar-refractivity contribution in [3.8, 4) is 17.9 Å². The molecule has 8 heteroatoms. The van der Waals surface area contributed by atoms with Crippen LogP contribution in [0.3, 0.4) is 0 Å². The van der Waals surface area contributed by atoms with Crippen molar-refractivity contribution in [2.75, 3.05) is 26.9 Å². The predicted octanol–water partition coefficient (Wildman–Crippen LogP) is 3.71. The van der Waals surface area contributed by atoms with Crippen molar-refractivity contribution in [3.63, 3.8) is 0 Å². The maximum absolute atomic E-state index is 13.2. The maximum Gasteiger partial charge on any atom is 0.336 e. The second-order valence-electron chi connectivity index (χ2n) is 7.19. The van der Waals surface area contributed by atoms with E-state index in [1.54, 1.807) is 24.4 Å². The summed E-state index contributed by atoms with van der Waals surface area (Å²) in [5, 5.41) is 21.4. The number of nitrogens with one attached hydrogen (secondary N) is 1. The van der Waals surface area contributed by atoms with E-state index >= 15 is 0 Å². The van der Waals surface area contributed by atoms with Crippen molar-refractivity contribution >= 4 is 11.9 Å². The fourth-order valence-electron chi connectivity index (χ4n) is 3.35. The van der Waals surface area contributed by atoms with Gasteiger partial charge in [-0.05, 0) is 38.5 Å². The van der Waals surface area contributed by atoms with Crippen LogP contribution in [0.4, 0.5) is 0 Å². The van der Waals surface area contributed by atoms with E-state index in [4.69, 9.17) is 19.5 Å². The van der Waals surface area contributed by atoms with Gasteiger partial charge in [-0.2, -0.15) is 10.5 Å². The number of benzene rings is 1. The predicted molar refractivity (Wildman–Crippen MR) is 120 cm³/mol. The Morgan fingerprint density at radius 3 is 2.75 bits per heavy atom. The molecule has 0 aliphatic carbocycles. The fourth-order valence-corrected chi connectivity index (χ4v) is 3.35. The van der Waals surface area contributed by atoms with Gasteiger partial charge in [0.15, 0.2) is 5.90 Å². The molecule has 1 N–H and O–H groups in total. The number of carbonyl (C=O) groups is 1. The van der Waals surface area contributed by atoms with Gasteiger partial charge in [0.2, 0.25) is 0 Å². The molecule has 0 saturated carbocycles. The Kier molecular flexibility index (Phi) is 9.31. The number of rotatable bonds is 6. The lowest BCUT2D eigenvalue weighted by molar-refractivity contribution is -0.139. The van der Waals surface area contributed by atoms with Crippen molar-refractivity contribution in [2.45, 2.75) is 39.5 Å². The second kappa shape index (κ2) is 12.2. The summed E-state index contributed by atoms with van der Waals surface area (Å²) in [4.78, 5) is 17.7. The van der Waals surface area contributed by atoms with E-state index in [9.17, 15) is 10.1 Å². The maximum atomic E-state index is 13.2. The topological polar surface area (TPSA) is 117 Å². The van der Waals surface area contributed by atoms with Gasteiger partial charge in [-0.25, -0.2) is 9.79 Å². The van der Waals surface area contributed by atoms with Crippen LogP contribution in [0.2, 0.25) is 0 Å². The summed E-state index contributed by atoms with van der Waals surface area (Å²) >= 11 is 0. The SMILES string of the molecule is CCOC1=N/C=C(/C)CN/C(C)=C(/C(=O)OCCC#N)C(c2ccc(C#N)cc2OC)C1. The fraction of sp³-hybridized carbons (Fsp3) is 0.417. The standard InChI is InChI=1S/C24H28N4O4/c1-5-31-22-12-20(19-8-7-18(13-26)11-21(19)30-4)23(24(29)32-10-6-9-25)17(3)27-14-16(2)15-28-22/h7-8,11,15,20,27H,5-6,10,12,14H2,1-4H3/b16-15-,23-17+,28-22?. The number of nitrogens with zero attached hydrogens (tertiary/aromatic N) is 3. The van der Waals surface area contributed by atoms with E-state index in [-0.39, 0.29) is 19.4 Å². The number of esters is 1. The molecule has 1 unspecified atom stereocenters. The summed E-state index contributed by atoms with van der Waals surface area (Å²) in [7, 11) is 1.52. The van der Waals surface area contributed by atoms with Crippen LogP contribution in [-0.2, 0) is 14.3 Å². The third-order valence-electron chi connectivity index (χ3n) is 4.91. The largest absolute Gasteiger partial charge is 0.496 e. The highest BCUT2D eigenvalue weighted by atomic mass is 16.5. The van der Waals surface area contributed by atoms with Gasteiger partial charge in [-0.15, -0.1) is 0 Å². The van der Waals surface area contributed by atoms with E-state index in [0.717, 1.165) is 5.57 Å². The van der Waals surface area contributed by atoms with Crippen LogP contribution < -0.4 is 10.1 Å². The Morgan fingerprint density at radius 1 is 1.31 bits per heavy atom. The molecule has 8 nitrogen and oxygen atoms in total. The van der Waals surface area contributed by atoms with Gasteiger partial charge in [0.05, 0.1) is 43.4 Å². The quantitative estimate of drug-likeness (QED) is 0.533. The van der Waals surface area contributed by atoms with Gasteiger partial charge in [0.25, 0.3) is 0 Å². The number of carbonyl (C=O) groups excluding carboxylic acids is 1. The zero-order valence-corrected chi connectivity index (χ0v) is 18.9. The van der Waals surface area contributed by atoms with Gasteiger partial charge in [0.1, 0.15) is 12.4 Å². The van der Waals surface area contributed by atoms with Crippen LogP contribution in [0.5, 0.6) is 5.75 Å². The molecule has 0 radical (unpaired) electrons. The number of ether oxygens (including phenoxy) is 3. The minimum absolute atomic E-state index is 0.00528. The Balaban J connectivity index is 2.67. The van der Waals surface area contributed by atoms with Gasteiger partial charge in [-0.1, -0.05) is 6.07 Å². The zero-order chi connectivity index (χ0) is 23.5. The van der Waals surface area contributed by atoms with Gasteiger partial charge in [0, 0.05) is 36.3 Å². The number of hydrogen-bond donors (Lipinski definition) is 1. The zero-order valence-electron chi connectivity index (χ0n) is 18.9. The lowest BCUT2D eigenvalue weighted by atomic mass is 9.85. The molecule has 32 heavy (non-hydrogen) atoms. The molecule has 1 heterocycles. The van der Waals surface area contributed by atoms with Crippen molar-refractivity contribution in [1.29, 1.82) is 10.5 Å². The van der Waals surface area contributed by atoms with E-state index in [1.165, 1.54) is 7.11 Å². The Morgan fingerprint density at radius 2 is 2.09 bits per heavy atom. The lowest BCUT2D eigenvalue weighted by Crippen LogP contribution is -2.26. The summed E-state index contributed by atoms with van der Waals surface area (Å²) in [5.74, 6) is -0.0966. The number of aliphatic imine (C=N–C) groups is 1. The highest BCUT2D eigenvalue weighted by Crippen LogP contribution is 2.37. The van der Waals surface area contributed by atoms with Crippen molar-refractivity contribution < 1.29 is 19.0 Å². The van der Waals surface area contributed by atoms with Crippen LogP contribution >= 0.6 is 0 Å². The normalized spacial score (nSPS) is 20.4. The molecule has 0 bridgehead atoms. The molecule has 1 atom stereocenters. The van der Waals surface area contributed by atoms with E-state index in [0.29, 0.717) is 47.2 Å². The summed E-state index contributed by atoms with van der Waals surface area (Å²) < 4.78 is 16.7. The van der Waals surface area contributed by atoms with Crippen LogP contribution in [-0.4, -0.2) is 38.7 Å². The molecule has 0 aromatic heterocycles. The van der Waals surface area contributed by atoms with Crippen LogP contribution in [0.15, 0.2) is 46.2 Å². The summed E-state index contributed by atoms with van der Waals surface area (Å²) in [6.07, 6.45) is 2.13. The summed E-state index contributed by atoms with van der Waals surface area (Å²) in [6, 6.07) is 9.16. The van der Waals surface area contributed by atoms with Gasteiger partial charge >= 0.3 is 5.97 Å². The smallest absolute Gasteiger partial charge is 0.336 e. The molecular weight excluding hydrogens is 408 g/mol.